The lowest BCUT2D eigenvalue weighted by molar-refractivity contribution is -0.111. The molecule has 76 valence electrons. The van der Waals surface area contributed by atoms with Gasteiger partial charge in [0.25, 0.3) is 0 Å². The Kier molecular flexibility index (Phi) is 2.58. The molecule has 0 aromatic carbocycles. The van der Waals surface area contributed by atoms with Gasteiger partial charge in [0.05, 0.1) is 13.2 Å². The number of likely N-dealkylation sites (N-methyl/N-ethyl adjacent to an activating group) is 1. The summed E-state index contributed by atoms with van der Waals surface area (Å²) < 4.78 is 5.26. The Morgan fingerprint density at radius 2 is 2.31 bits per heavy atom. The van der Waals surface area contributed by atoms with Gasteiger partial charge in [-0.1, -0.05) is 6.92 Å². The highest BCUT2D eigenvalue weighted by atomic mass is 16.5. The van der Waals surface area contributed by atoms with Crippen LogP contribution in [-0.4, -0.2) is 50.8 Å². The van der Waals surface area contributed by atoms with Crippen molar-refractivity contribution in [2.45, 2.75) is 19.4 Å². The molecule has 2 rings (SSSR count). The van der Waals surface area contributed by atoms with E-state index in [0.29, 0.717) is 11.5 Å². The van der Waals surface area contributed by atoms with Crippen molar-refractivity contribution in [1.29, 1.82) is 0 Å². The van der Waals surface area contributed by atoms with Crippen LogP contribution in [0.3, 0.4) is 0 Å². The number of hydrogen-bond donors (Lipinski definition) is 1. The molecule has 2 heterocycles. The van der Waals surface area contributed by atoms with Gasteiger partial charge >= 0.3 is 0 Å². The van der Waals surface area contributed by atoms with Gasteiger partial charge in [-0.25, -0.2) is 0 Å². The number of rotatable bonds is 2. The van der Waals surface area contributed by atoms with E-state index in [4.69, 9.17) is 4.74 Å². The summed E-state index contributed by atoms with van der Waals surface area (Å²) in [6.45, 7) is 7.74. The molecule has 0 aromatic rings. The molecule has 1 N–H and O–H groups in total. The topological polar surface area (TPSA) is 24.5 Å². The van der Waals surface area contributed by atoms with E-state index in [2.05, 4.69) is 24.2 Å². The summed E-state index contributed by atoms with van der Waals surface area (Å²) in [5, 5.41) is 3.58. The van der Waals surface area contributed by atoms with Gasteiger partial charge in [0.2, 0.25) is 0 Å². The lowest BCUT2D eigenvalue weighted by Crippen LogP contribution is -2.53. The summed E-state index contributed by atoms with van der Waals surface area (Å²) in [5.74, 6) is 0. The maximum atomic E-state index is 5.26. The molecule has 3 heteroatoms. The molecule has 2 aliphatic rings. The molecule has 0 radical (unpaired) electrons. The second kappa shape index (κ2) is 3.56. The normalized spacial score (nSPS) is 34.2. The predicted molar refractivity (Wildman–Crippen MR) is 52.8 cm³/mol. The van der Waals surface area contributed by atoms with E-state index in [1.54, 1.807) is 0 Å². The van der Waals surface area contributed by atoms with Crippen molar-refractivity contribution >= 4 is 0 Å². The van der Waals surface area contributed by atoms with Gasteiger partial charge in [0.15, 0.2) is 0 Å². The van der Waals surface area contributed by atoms with Crippen molar-refractivity contribution in [3.05, 3.63) is 0 Å². The summed E-state index contributed by atoms with van der Waals surface area (Å²) in [7, 11) is 2.20. The van der Waals surface area contributed by atoms with E-state index in [9.17, 15) is 0 Å². The molecule has 2 fully saturated rings. The minimum atomic E-state index is 0.454. The third kappa shape index (κ3) is 2.22. The Bertz CT molecular complexity index is 180. The smallest absolute Gasteiger partial charge is 0.0542 e. The number of hydrogen-bond acceptors (Lipinski definition) is 3. The Labute approximate surface area is 80.4 Å². The van der Waals surface area contributed by atoms with Gasteiger partial charge in [-0.3, -0.25) is 0 Å². The van der Waals surface area contributed by atoms with E-state index >= 15 is 0 Å². The first-order chi connectivity index (χ1) is 6.18. The second-order valence-corrected chi connectivity index (χ2v) is 4.92. The van der Waals surface area contributed by atoms with Gasteiger partial charge in [0, 0.05) is 31.1 Å². The predicted octanol–water partition coefficient (Wildman–Crippen LogP) is 0.317. The van der Waals surface area contributed by atoms with Gasteiger partial charge < -0.3 is 15.0 Å². The zero-order valence-corrected chi connectivity index (χ0v) is 8.68. The largest absolute Gasteiger partial charge is 0.380 e. The zero-order chi connectivity index (χ0) is 9.31. The van der Waals surface area contributed by atoms with Crippen LogP contribution < -0.4 is 5.32 Å². The average molecular weight is 184 g/mol. The molecule has 0 bridgehead atoms. The van der Waals surface area contributed by atoms with Gasteiger partial charge in [0.1, 0.15) is 0 Å². The molecule has 0 saturated carbocycles. The lowest BCUT2D eigenvalue weighted by Gasteiger charge is -2.42. The molecule has 13 heavy (non-hydrogen) atoms. The standard InChI is InChI=1S/C10H20N2O/c1-10(7-13-8-10)5-9-6-12(2)4-3-11-9/h9,11H,3-8H2,1-2H3. The maximum absolute atomic E-state index is 5.26. The van der Waals surface area contributed by atoms with E-state index in [-0.39, 0.29) is 0 Å². The SMILES string of the molecule is CN1CCNC(CC2(C)COC2)C1. The summed E-state index contributed by atoms with van der Waals surface area (Å²) in [6, 6.07) is 0.674. The van der Waals surface area contributed by atoms with E-state index in [0.717, 1.165) is 19.8 Å². The molecule has 0 aromatic heterocycles. The van der Waals surface area contributed by atoms with E-state index in [1.807, 2.05) is 0 Å². The van der Waals surface area contributed by atoms with Crippen LogP contribution in [0.4, 0.5) is 0 Å². The fourth-order valence-electron chi connectivity index (χ4n) is 2.29. The molecular formula is C10H20N2O. The Morgan fingerprint density at radius 1 is 1.54 bits per heavy atom. The molecule has 2 aliphatic heterocycles. The summed E-state index contributed by atoms with van der Waals surface area (Å²) >= 11 is 0. The van der Waals surface area contributed by atoms with Crippen molar-refractivity contribution in [1.82, 2.24) is 10.2 Å². The summed E-state index contributed by atoms with van der Waals surface area (Å²) in [4.78, 5) is 2.41. The van der Waals surface area contributed by atoms with E-state index in [1.165, 1.54) is 19.5 Å². The second-order valence-electron chi connectivity index (χ2n) is 4.92. The molecular weight excluding hydrogens is 164 g/mol. The third-order valence-electron chi connectivity index (χ3n) is 3.10. The first-order valence-electron chi connectivity index (χ1n) is 5.18. The van der Waals surface area contributed by atoms with Gasteiger partial charge in [-0.05, 0) is 13.5 Å². The van der Waals surface area contributed by atoms with Crippen LogP contribution >= 0.6 is 0 Å². The molecule has 0 aliphatic carbocycles. The Balaban J connectivity index is 1.80. The lowest BCUT2D eigenvalue weighted by atomic mass is 9.81. The summed E-state index contributed by atoms with van der Waals surface area (Å²) in [5.41, 5.74) is 0.454. The van der Waals surface area contributed by atoms with Crippen molar-refractivity contribution in [3.63, 3.8) is 0 Å². The van der Waals surface area contributed by atoms with Crippen LogP contribution in [0.15, 0.2) is 0 Å². The van der Waals surface area contributed by atoms with Crippen LogP contribution in [0.25, 0.3) is 0 Å². The number of nitrogens with one attached hydrogen (secondary N) is 1. The number of piperazine rings is 1. The fourth-order valence-corrected chi connectivity index (χ4v) is 2.29. The third-order valence-corrected chi connectivity index (χ3v) is 3.10. The Morgan fingerprint density at radius 3 is 2.85 bits per heavy atom. The van der Waals surface area contributed by atoms with Crippen molar-refractivity contribution in [3.8, 4) is 0 Å². The highest BCUT2D eigenvalue weighted by Gasteiger charge is 2.36. The molecule has 1 unspecified atom stereocenters. The highest BCUT2D eigenvalue weighted by molar-refractivity contribution is 4.88. The molecule has 0 amide bonds. The molecule has 1 atom stereocenters. The minimum absolute atomic E-state index is 0.454. The number of nitrogens with zero attached hydrogens (tertiary/aromatic N) is 1. The molecule has 2 saturated heterocycles. The molecule has 3 nitrogen and oxygen atoms in total. The van der Waals surface area contributed by atoms with Gasteiger partial charge in [-0.2, -0.15) is 0 Å². The first-order valence-corrected chi connectivity index (χ1v) is 5.18. The van der Waals surface area contributed by atoms with Crippen LogP contribution in [-0.2, 0) is 4.74 Å². The zero-order valence-electron chi connectivity index (χ0n) is 8.68. The number of ether oxygens (including phenoxy) is 1. The molecule has 0 spiro atoms. The van der Waals surface area contributed by atoms with Crippen molar-refractivity contribution in [2.24, 2.45) is 5.41 Å². The fraction of sp³-hybridized carbons (Fsp3) is 1.00. The van der Waals surface area contributed by atoms with E-state index < -0.39 is 0 Å². The van der Waals surface area contributed by atoms with Crippen molar-refractivity contribution in [2.75, 3.05) is 39.9 Å². The van der Waals surface area contributed by atoms with Crippen LogP contribution in [0.2, 0.25) is 0 Å². The highest BCUT2D eigenvalue weighted by Crippen LogP contribution is 2.32. The quantitative estimate of drug-likeness (QED) is 0.669. The Hall–Kier alpha value is -0.120. The monoisotopic (exact) mass is 184 g/mol. The average Bonchev–Trinajstić information content (AvgIpc) is 2.01. The summed E-state index contributed by atoms with van der Waals surface area (Å²) in [6.07, 6.45) is 1.26. The maximum Gasteiger partial charge on any atom is 0.0542 e. The van der Waals surface area contributed by atoms with Crippen LogP contribution in [0.5, 0.6) is 0 Å². The first kappa shape index (κ1) is 9.44. The van der Waals surface area contributed by atoms with Gasteiger partial charge in [-0.15, -0.1) is 0 Å². The van der Waals surface area contributed by atoms with Crippen molar-refractivity contribution < 1.29 is 4.74 Å². The van der Waals surface area contributed by atoms with Crippen LogP contribution in [0.1, 0.15) is 13.3 Å². The minimum Gasteiger partial charge on any atom is -0.380 e. The van der Waals surface area contributed by atoms with Crippen LogP contribution in [0, 0.1) is 5.41 Å².